The van der Waals surface area contributed by atoms with E-state index in [0.29, 0.717) is 12.7 Å². The van der Waals surface area contributed by atoms with Crippen LogP contribution in [0.1, 0.15) is 19.8 Å². The number of carbonyl (C=O) groups is 1. The zero-order valence-electron chi connectivity index (χ0n) is 5.67. The average molecular weight is 128 g/mol. The van der Waals surface area contributed by atoms with Crippen molar-refractivity contribution in [1.29, 1.82) is 0 Å². The van der Waals surface area contributed by atoms with Gasteiger partial charge in [-0.3, -0.25) is 0 Å². The summed E-state index contributed by atoms with van der Waals surface area (Å²) < 4.78 is 5.25. The second kappa shape index (κ2) is 2.97. The fraction of sp³-hybridized carbons (Fsp3) is 0.857. The summed E-state index contributed by atoms with van der Waals surface area (Å²) in [5.41, 5.74) is 0. The van der Waals surface area contributed by atoms with Crippen LogP contribution in [0.4, 0.5) is 0 Å². The highest BCUT2D eigenvalue weighted by atomic mass is 16.5. The Balaban J connectivity index is 2.26. The number of ether oxygens (including phenoxy) is 1. The molecule has 0 aromatic rings. The number of hydrogen-bond acceptors (Lipinski definition) is 2. The third kappa shape index (κ3) is 1.79. The summed E-state index contributed by atoms with van der Waals surface area (Å²) in [6.07, 6.45) is 3.39. The van der Waals surface area contributed by atoms with Gasteiger partial charge in [-0.05, 0) is 19.8 Å². The second-order valence-corrected chi connectivity index (χ2v) is 2.62. The molecule has 1 unspecified atom stereocenters. The molecule has 2 atom stereocenters. The van der Waals surface area contributed by atoms with Crippen molar-refractivity contribution in [3.05, 3.63) is 0 Å². The summed E-state index contributed by atoms with van der Waals surface area (Å²) in [5, 5.41) is 0. The molecule has 1 aliphatic rings. The second-order valence-electron chi connectivity index (χ2n) is 2.62. The Morgan fingerprint density at radius 3 is 2.78 bits per heavy atom. The lowest BCUT2D eigenvalue weighted by molar-refractivity contribution is -0.116. The molecule has 0 radical (unpaired) electrons. The minimum Gasteiger partial charge on any atom is -0.378 e. The van der Waals surface area contributed by atoms with Gasteiger partial charge in [0.2, 0.25) is 0 Å². The minimum absolute atomic E-state index is 0.168. The smallest absolute Gasteiger partial charge is 0.125 e. The molecule has 2 nitrogen and oxygen atoms in total. The van der Waals surface area contributed by atoms with E-state index < -0.39 is 0 Å². The standard InChI is InChI=1S/C7H12O2/c1-6-2-3-7(4-8)5-9-6/h4,6-7H,2-3,5H2,1H3/t6?,7-/m0/s1. The van der Waals surface area contributed by atoms with Gasteiger partial charge >= 0.3 is 0 Å². The Morgan fingerprint density at radius 2 is 2.33 bits per heavy atom. The van der Waals surface area contributed by atoms with Gasteiger partial charge in [0.1, 0.15) is 6.29 Å². The summed E-state index contributed by atoms with van der Waals surface area (Å²) in [6.45, 7) is 2.67. The molecule has 1 fully saturated rings. The van der Waals surface area contributed by atoms with E-state index in [9.17, 15) is 4.79 Å². The molecule has 1 heterocycles. The third-order valence-corrected chi connectivity index (χ3v) is 1.73. The van der Waals surface area contributed by atoms with E-state index in [1.54, 1.807) is 0 Å². The Hall–Kier alpha value is -0.370. The van der Waals surface area contributed by atoms with Gasteiger partial charge in [0, 0.05) is 5.92 Å². The van der Waals surface area contributed by atoms with Crippen molar-refractivity contribution in [3.63, 3.8) is 0 Å². The van der Waals surface area contributed by atoms with Crippen LogP contribution in [0.2, 0.25) is 0 Å². The van der Waals surface area contributed by atoms with Crippen LogP contribution in [-0.4, -0.2) is 19.0 Å². The van der Waals surface area contributed by atoms with Crippen molar-refractivity contribution in [2.45, 2.75) is 25.9 Å². The number of aldehydes is 1. The van der Waals surface area contributed by atoms with Crippen LogP contribution in [-0.2, 0) is 9.53 Å². The van der Waals surface area contributed by atoms with Gasteiger partial charge in [-0.25, -0.2) is 0 Å². The summed E-state index contributed by atoms with van der Waals surface area (Å²) in [7, 11) is 0. The molecule has 0 aliphatic carbocycles. The summed E-state index contributed by atoms with van der Waals surface area (Å²) in [6, 6.07) is 0. The van der Waals surface area contributed by atoms with Gasteiger partial charge in [-0.2, -0.15) is 0 Å². The van der Waals surface area contributed by atoms with Crippen molar-refractivity contribution in [1.82, 2.24) is 0 Å². The molecule has 0 N–H and O–H groups in total. The Morgan fingerprint density at radius 1 is 1.56 bits per heavy atom. The van der Waals surface area contributed by atoms with Crippen molar-refractivity contribution >= 4 is 6.29 Å². The first-order chi connectivity index (χ1) is 4.33. The Bertz CT molecular complexity index is 93.1. The lowest BCUT2D eigenvalue weighted by Gasteiger charge is -2.22. The lowest BCUT2D eigenvalue weighted by atomic mass is 10.0. The maximum Gasteiger partial charge on any atom is 0.125 e. The van der Waals surface area contributed by atoms with E-state index in [1.165, 1.54) is 0 Å². The maximum absolute atomic E-state index is 10.2. The van der Waals surface area contributed by atoms with E-state index in [0.717, 1.165) is 19.1 Å². The molecule has 2 heteroatoms. The van der Waals surface area contributed by atoms with Crippen molar-refractivity contribution in [2.24, 2.45) is 5.92 Å². The van der Waals surface area contributed by atoms with E-state index >= 15 is 0 Å². The van der Waals surface area contributed by atoms with E-state index in [-0.39, 0.29) is 5.92 Å². The molecule has 1 rings (SSSR count). The van der Waals surface area contributed by atoms with Gasteiger partial charge in [0.05, 0.1) is 12.7 Å². The van der Waals surface area contributed by atoms with Crippen LogP contribution in [0.5, 0.6) is 0 Å². The zero-order chi connectivity index (χ0) is 6.69. The molecule has 52 valence electrons. The van der Waals surface area contributed by atoms with Crippen LogP contribution in [0, 0.1) is 5.92 Å². The first-order valence-electron chi connectivity index (χ1n) is 3.40. The predicted octanol–water partition coefficient (Wildman–Crippen LogP) is 1.00. The molecule has 0 aromatic carbocycles. The Kier molecular flexibility index (Phi) is 2.22. The molecule has 9 heavy (non-hydrogen) atoms. The fourth-order valence-electron chi connectivity index (χ4n) is 1.01. The van der Waals surface area contributed by atoms with Crippen LogP contribution in [0.15, 0.2) is 0 Å². The van der Waals surface area contributed by atoms with Gasteiger partial charge in [0.25, 0.3) is 0 Å². The largest absolute Gasteiger partial charge is 0.378 e. The van der Waals surface area contributed by atoms with E-state index in [1.807, 2.05) is 6.92 Å². The van der Waals surface area contributed by atoms with Crippen LogP contribution in [0.25, 0.3) is 0 Å². The predicted molar refractivity (Wildman–Crippen MR) is 34.2 cm³/mol. The number of carbonyl (C=O) groups excluding carboxylic acids is 1. The quantitative estimate of drug-likeness (QED) is 0.492. The summed E-state index contributed by atoms with van der Waals surface area (Å²) in [4.78, 5) is 10.2. The average Bonchev–Trinajstić information content (AvgIpc) is 1.90. The highest BCUT2D eigenvalue weighted by molar-refractivity contribution is 5.53. The topological polar surface area (TPSA) is 26.3 Å². The normalized spacial score (nSPS) is 36.1. The molecule has 0 saturated carbocycles. The monoisotopic (exact) mass is 128 g/mol. The van der Waals surface area contributed by atoms with Crippen LogP contribution >= 0.6 is 0 Å². The van der Waals surface area contributed by atoms with Crippen molar-refractivity contribution in [3.8, 4) is 0 Å². The number of rotatable bonds is 1. The zero-order valence-corrected chi connectivity index (χ0v) is 5.67. The van der Waals surface area contributed by atoms with Gasteiger partial charge in [0.15, 0.2) is 0 Å². The SMILES string of the molecule is CC1CC[C@@H](C=O)CO1. The van der Waals surface area contributed by atoms with Gasteiger partial charge in [-0.1, -0.05) is 0 Å². The fourth-order valence-corrected chi connectivity index (χ4v) is 1.01. The molecule has 0 aromatic heterocycles. The first kappa shape index (κ1) is 6.75. The molecule has 0 bridgehead atoms. The third-order valence-electron chi connectivity index (χ3n) is 1.73. The van der Waals surface area contributed by atoms with Crippen LogP contribution in [0.3, 0.4) is 0 Å². The van der Waals surface area contributed by atoms with Crippen LogP contribution < -0.4 is 0 Å². The molecule has 0 spiro atoms. The molecular formula is C7H12O2. The first-order valence-corrected chi connectivity index (χ1v) is 3.40. The van der Waals surface area contributed by atoms with Gasteiger partial charge < -0.3 is 9.53 Å². The molecular weight excluding hydrogens is 116 g/mol. The van der Waals surface area contributed by atoms with Crippen molar-refractivity contribution in [2.75, 3.05) is 6.61 Å². The maximum atomic E-state index is 10.2. The highest BCUT2D eigenvalue weighted by Crippen LogP contribution is 2.15. The van der Waals surface area contributed by atoms with E-state index in [4.69, 9.17) is 4.74 Å². The molecule has 0 amide bonds. The lowest BCUT2D eigenvalue weighted by Crippen LogP contribution is -2.24. The van der Waals surface area contributed by atoms with Gasteiger partial charge in [-0.15, -0.1) is 0 Å². The van der Waals surface area contributed by atoms with Crippen molar-refractivity contribution < 1.29 is 9.53 Å². The Labute approximate surface area is 55.2 Å². The highest BCUT2D eigenvalue weighted by Gasteiger charge is 2.16. The van der Waals surface area contributed by atoms with E-state index in [2.05, 4.69) is 0 Å². The summed E-state index contributed by atoms with van der Waals surface area (Å²) >= 11 is 0. The number of hydrogen-bond donors (Lipinski definition) is 0. The summed E-state index contributed by atoms with van der Waals surface area (Å²) in [5.74, 6) is 0.168. The molecule has 1 aliphatic heterocycles. The molecule has 1 saturated heterocycles. The minimum atomic E-state index is 0.168.